The number of benzene rings is 3. The highest BCUT2D eigenvalue weighted by atomic mass is 32.2. The molecule has 4 rings (SSSR count). The first kappa shape index (κ1) is 19.0. The van der Waals surface area contributed by atoms with E-state index in [1.165, 1.54) is 11.8 Å². The molecule has 0 saturated heterocycles. The minimum atomic E-state index is -0.0667. The van der Waals surface area contributed by atoms with Crippen molar-refractivity contribution < 1.29 is 0 Å². The normalized spacial score (nSPS) is 10.8. The maximum absolute atomic E-state index is 13.3. The van der Waals surface area contributed by atoms with Crippen molar-refractivity contribution in [2.24, 2.45) is 0 Å². The first-order chi connectivity index (χ1) is 14.0. The van der Waals surface area contributed by atoms with Gasteiger partial charge in [0, 0.05) is 5.75 Å². The van der Waals surface area contributed by atoms with E-state index in [9.17, 15) is 4.79 Å². The van der Waals surface area contributed by atoms with E-state index in [1.807, 2.05) is 62.4 Å². The average molecular weight is 398 g/mol. The third-order valence-electron chi connectivity index (χ3n) is 4.66. The number of para-hydroxylation sites is 1. The summed E-state index contributed by atoms with van der Waals surface area (Å²) in [7, 11) is 0. The Kier molecular flexibility index (Phi) is 5.20. The van der Waals surface area contributed by atoms with Crippen molar-refractivity contribution in [3.05, 3.63) is 99.3 Å². The van der Waals surface area contributed by atoms with Crippen molar-refractivity contribution >= 4 is 22.7 Å². The molecule has 1 heterocycles. The Labute approximate surface area is 173 Å². The Hall–Kier alpha value is -3.36. The summed E-state index contributed by atoms with van der Waals surface area (Å²) in [6.45, 7) is 4.05. The summed E-state index contributed by atoms with van der Waals surface area (Å²) in [6, 6.07) is 23.2. The molecule has 0 fully saturated rings. The van der Waals surface area contributed by atoms with E-state index < -0.39 is 0 Å². The molecule has 0 amide bonds. The van der Waals surface area contributed by atoms with E-state index in [0.717, 1.165) is 22.4 Å². The molecule has 142 valence electrons. The topological polar surface area (TPSA) is 58.7 Å². The molecule has 0 aliphatic rings. The van der Waals surface area contributed by atoms with Gasteiger partial charge in [0.15, 0.2) is 5.16 Å². The van der Waals surface area contributed by atoms with Crippen molar-refractivity contribution in [3.63, 3.8) is 0 Å². The Morgan fingerprint density at radius 3 is 2.38 bits per heavy atom. The van der Waals surface area contributed by atoms with E-state index in [0.29, 0.717) is 27.4 Å². The number of aromatic nitrogens is 2. The van der Waals surface area contributed by atoms with E-state index in [4.69, 9.17) is 10.2 Å². The summed E-state index contributed by atoms with van der Waals surface area (Å²) < 4.78 is 1.71. The van der Waals surface area contributed by atoms with Gasteiger partial charge in [-0.3, -0.25) is 9.36 Å². The van der Waals surface area contributed by atoms with Gasteiger partial charge in [-0.2, -0.15) is 5.26 Å². The van der Waals surface area contributed by atoms with Crippen LogP contribution >= 0.6 is 11.8 Å². The van der Waals surface area contributed by atoms with Crippen molar-refractivity contribution in [2.45, 2.75) is 24.8 Å². The molecule has 5 heteroatoms. The number of hydrogen-bond acceptors (Lipinski definition) is 4. The molecule has 0 spiro atoms. The zero-order chi connectivity index (χ0) is 20.4. The van der Waals surface area contributed by atoms with Crippen molar-refractivity contribution in [1.82, 2.24) is 9.55 Å². The van der Waals surface area contributed by atoms with Gasteiger partial charge in [-0.25, -0.2) is 4.98 Å². The van der Waals surface area contributed by atoms with Gasteiger partial charge >= 0.3 is 0 Å². The first-order valence-electron chi connectivity index (χ1n) is 9.27. The predicted molar refractivity (Wildman–Crippen MR) is 118 cm³/mol. The molecule has 0 aliphatic carbocycles. The van der Waals surface area contributed by atoms with Gasteiger partial charge in [-0.05, 0) is 66.9 Å². The van der Waals surface area contributed by atoms with E-state index >= 15 is 0 Å². The fraction of sp³-hybridized carbons (Fsp3) is 0.125. The molecule has 0 aliphatic heterocycles. The summed E-state index contributed by atoms with van der Waals surface area (Å²) in [6.07, 6.45) is 0. The second-order valence-corrected chi connectivity index (χ2v) is 7.94. The minimum absolute atomic E-state index is 0.0667. The average Bonchev–Trinajstić information content (AvgIpc) is 2.72. The maximum atomic E-state index is 13.3. The van der Waals surface area contributed by atoms with Crippen molar-refractivity contribution in [2.75, 3.05) is 0 Å². The summed E-state index contributed by atoms with van der Waals surface area (Å²) in [5, 5.41) is 10.2. The highest BCUT2D eigenvalue weighted by Gasteiger charge is 2.14. The molecule has 1 aromatic heterocycles. The van der Waals surface area contributed by atoms with Crippen LogP contribution < -0.4 is 5.56 Å². The zero-order valence-electron chi connectivity index (χ0n) is 16.2. The van der Waals surface area contributed by atoms with Gasteiger partial charge in [0.25, 0.3) is 5.56 Å². The number of rotatable bonds is 4. The summed E-state index contributed by atoms with van der Waals surface area (Å²) >= 11 is 1.52. The Bertz CT molecular complexity index is 1280. The van der Waals surface area contributed by atoms with Gasteiger partial charge in [-0.1, -0.05) is 42.1 Å². The van der Waals surface area contributed by atoms with Crippen LogP contribution in [0.5, 0.6) is 0 Å². The van der Waals surface area contributed by atoms with Crippen LogP contribution in [0.1, 0.15) is 22.3 Å². The van der Waals surface area contributed by atoms with Crippen LogP contribution in [0.3, 0.4) is 0 Å². The minimum Gasteiger partial charge on any atom is -0.268 e. The Balaban J connectivity index is 1.82. The maximum Gasteiger partial charge on any atom is 0.266 e. The highest BCUT2D eigenvalue weighted by Crippen LogP contribution is 2.25. The lowest BCUT2D eigenvalue weighted by Gasteiger charge is -2.14. The highest BCUT2D eigenvalue weighted by molar-refractivity contribution is 7.98. The molecule has 4 aromatic rings. The molecule has 0 saturated carbocycles. The van der Waals surface area contributed by atoms with Gasteiger partial charge in [0.1, 0.15) is 0 Å². The van der Waals surface area contributed by atoms with Gasteiger partial charge in [0.05, 0.1) is 28.2 Å². The summed E-state index contributed by atoms with van der Waals surface area (Å²) in [5.74, 6) is 0.654. The van der Waals surface area contributed by atoms with Crippen LogP contribution in [-0.4, -0.2) is 9.55 Å². The fourth-order valence-electron chi connectivity index (χ4n) is 3.34. The molecular formula is C24H19N3OS. The number of aryl methyl sites for hydroxylation is 2. The molecule has 0 atom stereocenters. The summed E-state index contributed by atoms with van der Waals surface area (Å²) in [4.78, 5) is 18.1. The largest absolute Gasteiger partial charge is 0.268 e. The van der Waals surface area contributed by atoms with Crippen LogP contribution in [0, 0.1) is 25.2 Å². The molecule has 29 heavy (non-hydrogen) atoms. The summed E-state index contributed by atoms with van der Waals surface area (Å²) in [5.41, 5.74) is 5.36. The molecule has 0 unspecified atom stereocenters. The number of fused-ring (bicyclic) bond motifs is 1. The second kappa shape index (κ2) is 7.94. The van der Waals surface area contributed by atoms with Crippen LogP contribution in [0.4, 0.5) is 0 Å². The van der Waals surface area contributed by atoms with Crippen molar-refractivity contribution in [3.8, 4) is 11.8 Å². The van der Waals surface area contributed by atoms with Crippen molar-refractivity contribution in [1.29, 1.82) is 5.26 Å². The molecule has 0 bridgehead atoms. The standard InChI is InChI=1S/C24H19N3OS/c1-16-11-17(2)13-20(12-16)27-23(28)21-5-3-4-6-22(21)26-24(27)29-15-19-9-7-18(14-25)8-10-19/h3-13H,15H2,1-2H3. The molecule has 4 nitrogen and oxygen atoms in total. The second-order valence-electron chi connectivity index (χ2n) is 7.00. The van der Waals surface area contributed by atoms with Gasteiger partial charge in [0.2, 0.25) is 0 Å². The first-order valence-corrected chi connectivity index (χ1v) is 10.3. The lowest BCUT2D eigenvalue weighted by atomic mass is 10.1. The molecular weight excluding hydrogens is 378 g/mol. The molecule has 0 radical (unpaired) electrons. The predicted octanol–water partition coefficient (Wildman–Crippen LogP) is 5.17. The molecule has 0 N–H and O–H groups in total. The Morgan fingerprint density at radius 2 is 1.69 bits per heavy atom. The number of hydrogen-bond donors (Lipinski definition) is 0. The number of nitrogens with zero attached hydrogens (tertiary/aromatic N) is 3. The third kappa shape index (κ3) is 3.94. The van der Waals surface area contributed by atoms with Gasteiger partial charge in [-0.15, -0.1) is 0 Å². The monoisotopic (exact) mass is 397 g/mol. The Morgan fingerprint density at radius 1 is 1.00 bits per heavy atom. The van der Waals surface area contributed by atoms with Crippen LogP contribution in [0.25, 0.3) is 16.6 Å². The quantitative estimate of drug-likeness (QED) is 0.352. The fourth-order valence-corrected chi connectivity index (χ4v) is 4.31. The third-order valence-corrected chi connectivity index (χ3v) is 5.67. The lowest BCUT2D eigenvalue weighted by molar-refractivity contribution is 0.818. The van der Waals surface area contributed by atoms with Crippen LogP contribution in [0.2, 0.25) is 0 Å². The lowest BCUT2D eigenvalue weighted by Crippen LogP contribution is -2.22. The SMILES string of the molecule is Cc1cc(C)cc(-n2c(SCc3ccc(C#N)cc3)nc3ccccc3c2=O)c1. The van der Waals surface area contributed by atoms with E-state index in [-0.39, 0.29) is 5.56 Å². The zero-order valence-corrected chi connectivity index (χ0v) is 17.0. The van der Waals surface area contributed by atoms with E-state index in [1.54, 1.807) is 16.7 Å². The van der Waals surface area contributed by atoms with E-state index in [2.05, 4.69) is 12.1 Å². The van der Waals surface area contributed by atoms with Crippen LogP contribution in [0.15, 0.2) is 76.7 Å². The number of nitriles is 1. The van der Waals surface area contributed by atoms with Crippen LogP contribution in [-0.2, 0) is 5.75 Å². The molecule has 3 aromatic carbocycles. The number of thioether (sulfide) groups is 1. The smallest absolute Gasteiger partial charge is 0.266 e. The van der Waals surface area contributed by atoms with Gasteiger partial charge < -0.3 is 0 Å².